The highest BCUT2D eigenvalue weighted by atomic mass is 32.2. The second-order valence-corrected chi connectivity index (χ2v) is 11.5. The summed E-state index contributed by atoms with van der Waals surface area (Å²) in [5.41, 5.74) is 2.12. The Labute approximate surface area is 220 Å². The normalized spacial score (nSPS) is 17.1. The van der Waals surface area contributed by atoms with E-state index in [2.05, 4.69) is 10.0 Å². The summed E-state index contributed by atoms with van der Waals surface area (Å²) >= 11 is 0. The second kappa shape index (κ2) is 12.2. The minimum absolute atomic E-state index is 0.113. The Balaban J connectivity index is 0.000000505. The molecule has 0 unspecified atom stereocenters. The molecule has 7 nitrogen and oxygen atoms in total. The maximum Gasteiger partial charge on any atom is 0.490 e. The fourth-order valence-corrected chi connectivity index (χ4v) is 5.60. The molecule has 2 aromatic rings. The highest BCUT2D eigenvalue weighted by Gasteiger charge is 2.51. The maximum atomic E-state index is 12.9. The standard InChI is InChI=1S/C25H32N2O3S.C2HF3O2/c1-2-19-8-14-23(15-9-19)31(29,30)27-22-12-10-21(11-13-22)25(16-17-25)24(28)26-18-20-6-4-3-5-7-20;3-2(4,5)1(6)7/h8-15,20,27H,2-7,16-18H2,1H3,(H,26,28);(H,6,7). The lowest BCUT2D eigenvalue weighted by atomic mass is 9.88. The van der Waals surface area contributed by atoms with Gasteiger partial charge in [-0.15, -0.1) is 0 Å². The quantitative estimate of drug-likeness (QED) is 0.404. The molecule has 0 saturated heterocycles. The van der Waals surface area contributed by atoms with Gasteiger partial charge >= 0.3 is 12.1 Å². The zero-order valence-electron chi connectivity index (χ0n) is 21.2. The molecule has 2 aromatic carbocycles. The summed E-state index contributed by atoms with van der Waals surface area (Å²) in [7, 11) is -3.64. The number of rotatable bonds is 8. The summed E-state index contributed by atoms with van der Waals surface area (Å²) in [6.45, 7) is 2.81. The zero-order valence-corrected chi connectivity index (χ0v) is 22.0. The van der Waals surface area contributed by atoms with Gasteiger partial charge in [-0.05, 0) is 73.4 Å². The number of sulfonamides is 1. The van der Waals surface area contributed by atoms with Crippen LogP contribution >= 0.6 is 0 Å². The van der Waals surface area contributed by atoms with Gasteiger partial charge in [-0.3, -0.25) is 9.52 Å². The van der Waals surface area contributed by atoms with Crippen molar-refractivity contribution in [2.24, 2.45) is 5.92 Å². The van der Waals surface area contributed by atoms with Crippen LogP contribution in [0.2, 0.25) is 0 Å². The smallest absolute Gasteiger partial charge is 0.475 e. The number of carbonyl (C=O) groups excluding carboxylic acids is 1. The third-order valence-electron chi connectivity index (χ3n) is 7.03. The van der Waals surface area contributed by atoms with Gasteiger partial charge in [-0.1, -0.05) is 50.5 Å². The topological polar surface area (TPSA) is 113 Å². The molecule has 3 N–H and O–H groups in total. The van der Waals surface area contributed by atoms with E-state index >= 15 is 0 Å². The van der Waals surface area contributed by atoms with Crippen molar-refractivity contribution in [3.05, 3.63) is 59.7 Å². The molecule has 1 amide bonds. The summed E-state index contributed by atoms with van der Waals surface area (Å²) in [5, 5.41) is 10.3. The Morgan fingerprint density at radius 3 is 2.00 bits per heavy atom. The predicted octanol–water partition coefficient (Wildman–Crippen LogP) is 5.41. The first kappa shape index (κ1) is 29.5. The van der Waals surface area contributed by atoms with Crippen LogP contribution in [-0.4, -0.2) is 38.1 Å². The van der Waals surface area contributed by atoms with Crippen LogP contribution in [0.15, 0.2) is 53.4 Å². The molecular weight excluding hydrogens is 521 g/mol. The van der Waals surface area contributed by atoms with Crippen molar-refractivity contribution in [2.75, 3.05) is 11.3 Å². The number of amides is 1. The molecule has 0 heterocycles. The number of hydrogen-bond donors (Lipinski definition) is 3. The average molecular weight is 555 g/mol. The van der Waals surface area contributed by atoms with Gasteiger partial charge in [-0.25, -0.2) is 13.2 Å². The van der Waals surface area contributed by atoms with Crippen LogP contribution < -0.4 is 10.0 Å². The molecule has 0 bridgehead atoms. The lowest BCUT2D eigenvalue weighted by Crippen LogP contribution is -2.38. The number of aryl methyl sites for hydroxylation is 1. The molecule has 0 aliphatic heterocycles. The Morgan fingerprint density at radius 2 is 1.53 bits per heavy atom. The molecule has 2 saturated carbocycles. The summed E-state index contributed by atoms with van der Waals surface area (Å²) in [6.07, 6.45) is 3.75. The van der Waals surface area contributed by atoms with E-state index in [4.69, 9.17) is 9.90 Å². The minimum atomic E-state index is -5.08. The van der Waals surface area contributed by atoms with Crippen molar-refractivity contribution >= 4 is 27.6 Å². The van der Waals surface area contributed by atoms with Crippen molar-refractivity contribution in [3.63, 3.8) is 0 Å². The average Bonchev–Trinajstić information content (AvgIpc) is 3.70. The first-order chi connectivity index (χ1) is 17.9. The zero-order chi connectivity index (χ0) is 28.0. The highest BCUT2D eigenvalue weighted by Crippen LogP contribution is 2.48. The third kappa shape index (κ3) is 7.72. The number of halogens is 3. The van der Waals surface area contributed by atoms with E-state index in [1.54, 1.807) is 24.3 Å². The highest BCUT2D eigenvalue weighted by molar-refractivity contribution is 7.92. The van der Waals surface area contributed by atoms with E-state index in [1.807, 2.05) is 31.2 Å². The molecule has 38 heavy (non-hydrogen) atoms. The van der Waals surface area contributed by atoms with Gasteiger partial charge in [0.05, 0.1) is 10.3 Å². The van der Waals surface area contributed by atoms with Gasteiger partial charge in [0.2, 0.25) is 5.91 Å². The van der Waals surface area contributed by atoms with Gasteiger partial charge in [-0.2, -0.15) is 13.2 Å². The van der Waals surface area contributed by atoms with E-state index in [0.717, 1.165) is 36.9 Å². The van der Waals surface area contributed by atoms with Crippen LogP contribution in [0.25, 0.3) is 0 Å². The number of hydrogen-bond acceptors (Lipinski definition) is 4. The van der Waals surface area contributed by atoms with E-state index in [1.165, 1.54) is 32.1 Å². The molecule has 208 valence electrons. The van der Waals surface area contributed by atoms with E-state index in [0.29, 0.717) is 11.6 Å². The maximum absolute atomic E-state index is 12.9. The monoisotopic (exact) mass is 554 g/mol. The van der Waals surface area contributed by atoms with Gasteiger partial charge in [0, 0.05) is 12.2 Å². The molecular formula is C27H33F3N2O5S. The number of nitrogens with one attached hydrogen (secondary N) is 2. The van der Waals surface area contributed by atoms with Crippen LogP contribution in [-0.2, 0) is 31.4 Å². The molecule has 4 rings (SSSR count). The van der Waals surface area contributed by atoms with Gasteiger partial charge in [0.25, 0.3) is 10.0 Å². The number of benzene rings is 2. The van der Waals surface area contributed by atoms with Gasteiger partial charge < -0.3 is 10.4 Å². The molecule has 2 aliphatic carbocycles. The first-order valence-corrected chi connectivity index (χ1v) is 14.2. The molecule has 0 spiro atoms. The fraction of sp³-hybridized carbons (Fsp3) is 0.481. The molecule has 0 aromatic heterocycles. The Morgan fingerprint density at radius 1 is 0.974 bits per heavy atom. The second-order valence-electron chi connectivity index (χ2n) is 9.78. The van der Waals surface area contributed by atoms with E-state index in [-0.39, 0.29) is 10.8 Å². The number of alkyl halides is 3. The van der Waals surface area contributed by atoms with Crippen LogP contribution in [0.3, 0.4) is 0 Å². The van der Waals surface area contributed by atoms with Crippen molar-refractivity contribution in [1.82, 2.24) is 5.32 Å². The third-order valence-corrected chi connectivity index (χ3v) is 8.43. The number of carboxylic acid groups (broad SMARTS) is 1. The Bertz CT molecular complexity index is 1200. The SMILES string of the molecule is CCc1ccc(S(=O)(=O)Nc2ccc(C3(C(=O)NCC4CCCCC4)CC3)cc2)cc1.O=C(O)C(F)(F)F. The molecule has 11 heteroatoms. The van der Waals surface area contributed by atoms with Crippen LogP contribution in [0, 0.1) is 5.92 Å². The predicted molar refractivity (Wildman–Crippen MR) is 137 cm³/mol. The van der Waals surface area contributed by atoms with Crippen molar-refractivity contribution in [2.45, 2.75) is 74.8 Å². The first-order valence-electron chi connectivity index (χ1n) is 12.7. The molecule has 0 radical (unpaired) electrons. The number of aliphatic carboxylic acids is 1. The van der Waals surface area contributed by atoms with Crippen molar-refractivity contribution in [3.8, 4) is 0 Å². The van der Waals surface area contributed by atoms with E-state index < -0.39 is 27.6 Å². The van der Waals surface area contributed by atoms with Gasteiger partial charge in [0.1, 0.15) is 0 Å². The number of carbonyl (C=O) groups is 2. The summed E-state index contributed by atoms with van der Waals surface area (Å²) in [4.78, 5) is 22.0. The van der Waals surface area contributed by atoms with E-state index in [9.17, 15) is 26.4 Å². The fourth-order valence-electron chi connectivity index (χ4n) is 4.55. The van der Waals surface area contributed by atoms with Crippen LogP contribution in [0.5, 0.6) is 0 Å². The van der Waals surface area contributed by atoms with Crippen molar-refractivity contribution in [1.29, 1.82) is 0 Å². The minimum Gasteiger partial charge on any atom is -0.475 e. The Kier molecular flexibility index (Phi) is 9.45. The largest absolute Gasteiger partial charge is 0.490 e. The summed E-state index contributed by atoms with van der Waals surface area (Å²) in [5.74, 6) is -2.04. The van der Waals surface area contributed by atoms with Crippen LogP contribution in [0.4, 0.5) is 18.9 Å². The lowest BCUT2D eigenvalue weighted by Gasteiger charge is -2.23. The lowest BCUT2D eigenvalue weighted by molar-refractivity contribution is -0.192. The number of carboxylic acids is 1. The number of anilines is 1. The Hall–Kier alpha value is -3.08. The van der Waals surface area contributed by atoms with Gasteiger partial charge in [0.15, 0.2) is 0 Å². The molecule has 2 aliphatic rings. The summed E-state index contributed by atoms with van der Waals surface area (Å²) in [6, 6.07) is 14.2. The molecule has 2 fully saturated rings. The van der Waals surface area contributed by atoms with Crippen molar-refractivity contribution < 1.29 is 36.3 Å². The summed E-state index contributed by atoms with van der Waals surface area (Å²) < 4.78 is 59.7. The van der Waals surface area contributed by atoms with Crippen LogP contribution in [0.1, 0.15) is 63.0 Å². The molecule has 0 atom stereocenters.